The number of nitrogens with two attached hydrogens (primary N) is 1. The molecule has 1 aromatic heterocycles. The molecule has 0 bridgehead atoms. The monoisotopic (exact) mass is 401 g/mol. The van der Waals surface area contributed by atoms with Crippen molar-refractivity contribution in [3.8, 4) is 5.75 Å². The fourth-order valence-corrected chi connectivity index (χ4v) is 3.44. The second kappa shape index (κ2) is 6.75. The number of nitrogens with zero attached hydrogens (tertiary/aromatic N) is 1. The lowest BCUT2D eigenvalue weighted by Crippen LogP contribution is -2.50. The van der Waals surface area contributed by atoms with Crippen molar-refractivity contribution < 1.29 is 27.6 Å². The van der Waals surface area contributed by atoms with E-state index in [1.807, 2.05) is 0 Å². The molecule has 0 saturated carbocycles. The van der Waals surface area contributed by atoms with Crippen molar-refractivity contribution in [2.45, 2.75) is 43.3 Å². The predicted molar refractivity (Wildman–Crippen MR) is 87.5 cm³/mol. The number of hydrogen-bond acceptors (Lipinski definition) is 6. The number of aliphatic hydroxyl groups is 1. The van der Waals surface area contributed by atoms with Gasteiger partial charge in [0.1, 0.15) is 17.4 Å². The van der Waals surface area contributed by atoms with Crippen molar-refractivity contribution in [3.05, 3.63) is 22.5 Å². The second-order valence-corrected chi connectivity index (χ2v) is 8.41. The summed E-state index contributed by atoms with van der Waals surface area (Å²) in [5.74, 6) is 0.0859. The van der Waals surface area contributed by atoms with Gasteiger partial charge in [0.2, 0.25) is 5.60 Å². The first-order chi connectivity index (χ1) is 11.4. The Morgan fingerprint density at radius 2 is 2.16 bits per heavy atom. The summed E-state index contributed by atoms with van der Waals surface area (Å²) in [6.07, 6.45) is -5.05. The summed E-state index contributed by atoms with van der Waals surface area (Å²) in [6, 6.07) is 1.04. The molecule has 0 aromatic carbocycles. The smallest absolute Gasteiger partial charge is 0.424 e. The van der Waals surface area contributed by atoms with Gasteiger partial charge in [0.15, 0.2) is 10.9 Å². The number of fused-ring (bicyclic) bond motifs is 1. The molecule has 2 heterocycles. The van der Waals surface area contributed by atoms with Gasteiger partial charge in [-0.15, -0.1) is 4.72 Å². The summed E-state index contributed by atoms with van der Waals surface area (Å²) in [5, 5.41) is 9.47. The van der Waals surface area contributed by atoms with E-state index in [9.17, 15) is 22.8 Å². The Kier molecular flexibility index (Phi) is 5.54. The maximum Gasteiger partial charge on any atom is 0.424 e. The number of rotatable bonds is 5. The fourth-order valence-electron chi connectivity index (χ4n) is 2.35. The van der Waals surface area contributed by atoms with E-state index in [4.69, 9.17) is 22.1 Å². The van der Waals surface area contributed by atoms with Gasteiger partial charge < -0.3 is 20.1 Å². The first kappa shape index (κ1) is 20.5. The summed E-state index contributed by atoms with van der Waals surface area (Å²) in [6.45, 7) is 3.95. The van der Waals surface area contributed by atoms with Crippen LogP contribution >= 0.6 is 11.6 Å². The Morgan fingerprint density at radius 3 is 2.64 bits per heavy atom. The molecular weight excluding hydrogens is 383 g/mol. The second-order valence-electron chi connectivity index (χ2n) is 6.31. The van der Waals surface area contributed by atoms with Crippen LogP contribution in [0.5, 0.6) is 5.75 Å². The van der Waals surface area contributed by atoms with Gasteiger partial charge >= 0.3 is 6.18 Å². The molecule has 1 aliphatic heterocycles. The molecular formula is C14H19ClF3N3O3S. The van der Waals surface area contributed by atoms with E-state index in [1.54, 1.807) is 20.8 Å². The average Bonchev–Trinajstić information content (AvgIpc) is 2.82. The largest absolute Gasteiger partial charge is 0.598 e. The molecule has 0 amide bonds. The van der Waals surface area contributed by atoms with Crippen molar-refractivity contribution in [1.29, 1.82) is 0 Å². The van der Waals surface area contributed by atoms with Crippen LogP contribution < -0.4 is 15.2 Å². The van der Waals surface area contributed by atoms with Crippen molar-refractivity contribution >= 4 is 23.0 Å². The summed E-state index contributed by atoms with van der Waals surface area (Å²) in [7, 11) is 0. The topological polar surface area (TPSA) is 103 Å². The lowest BCUT2D eigenvalue weighted by molar-refractivity contribution is -0.263. The van der Waals surface area contributed by atoms with E-state index in [0.29, 0.717) is 0 Å². The van der Waals surface area contributed by atoms with Crippen LogP contribution in [0.1, 0.15) is 32.0 Å². The van der Waals surface area contributed by atoms with Crippen LogP contribution in [0.3, 0.4) is 0 Å². The Balaban J connectivity index is 2.55. The molecule has 0 saturated heterocycles. The normalized spacial score (nSPS) is 24.0. The zero-order valence-corrected chi connectivity index (χ0v) is 15.3. The van der Waals surface area contributed by atoms with Crippen LogP contribution in [-0.2, 0) is 22.5 Å². The molecule has 1 aliphatic rings. The highest BCUT2D eigenvalue weighted by Gasteiger charge is 2.56. The van der Waals surface area contributed by atoms with Gasteiger partial charge in [-0.25, -0.2) is 4.98 Å². The van der Waals surface area contributed by atoms with Gasteiger partial charge in [-0.05, 0) is 26.8 Å². The minimum atomic E-state index is -5.05. The molecule has 0 fully saturated rings. The molecule has 6 nitrogen and oxygen atoms in total. The molecule has 3 atom stereocenters. The maximum atomic E-state index is 13.3. The molecule has 2 rings (SSSR count). The third-order valence-electron chi connectivity index (χ3n) is 3.97. The van der Waals surface area contributed by atoms with E-state index in [1.165, 1.54) is 0 Å². The summed E-state index contributed by atoms with van der Waals surface area (Å²) in [4.78, 5) is 3.62. The quantitative estimate of drug-likeness (QED) is 0.512. The molecule has 25 heavy (non-hydrogen) atoms. The van der Waals surface area contributed by atoms with Crippen LogP contribution in [0.4, 0.5) is 13.2 Å². The number of hydrogen-bond donors (Lipinski definition) is 3. The lowest BCUT2D eigenvalue weighted by Gasteiger charge is -2.30. The molecule has 11 heteroatoms. The summed E-state index contributed by atoms with van der Waals surface area (Å²) in [5.41, 5.74) is 0.236. The molecule has 142 valence electrons. The number of pyridine rings is 1. The standard InChI is InChI=1S/C14H19ClF3N3O3S/c1-7(2)25(23)21-12(3)6-24-10-8(12)4-9(20-11(10)15)13(22,5-19)14(16,17)18/h4,7,21-22H,5-6,19H2,1-3H3. The number of alkyl halides is 3. The first-order valence-electron chi connectivity index (χ1n) is 7.37. The molecule has 1 aromatic rings. The maximum absolute atomic E-state index is 13.3. The van der Waals surface area contributed by atoms with E-state index in [0.717, 1.165) is 6.07 Å². The van der Waals surface area contributed by atoms with Gasteiger partial charge in [0.05, 0.1) is 5.69 Å². The Morgan fingerprint density at radius 1 is 1.56 bits per heavy atom. The lowest BCUT2D eigenvalue weighted by atomic mass is 9.91. The molecule has 4 N–H and O–H groups in total. The summed E-state index contributed by atoms with van der Waals surface area (Å²) >= 11 is 4.49. The first-order valence-corrected chi connectivity index (χ1v) is 8.96. The minimum Gasteiger partial charge on any atom is -0.598 e. The third-order valence-corrected chi connectivity index (χ3v) is 5.74. The average molecular weight is 402 g/mol. The Bertz CT molecular complexity index is 664. The van der Waals surface area contributed by atoms with E-state index in [2.05, 4.69) is 9.71 Å². The summed E-state index contributed by atoms with van der Waals surface area (Å²) < 4.78 is 60.2. The van der Waals surface area contributed by atoms with Crippen LogP contribution in [0, 0.1) is 0 Å². The van der Waals surface area contributed by atoms with Crippen molar-refractivity contribution in [2.75, 3.05) is 13.2 Å². The predicted octanol–water partition coefficient (Wildman–Crippen LogP) is 1.71. The Hall–Kier alpha value is -0.780. The van der Waals surface area contributed by atoms with Gasteiger partial charge in [-0.3, -0.25) is 0 Å². The Labute approximate surface area is 151 Å². The third kappa shape index (κ3) is 3.56. The zero-order chi connectivity index (χ0) is 19.2. The molecule has 0 radical (unpaired) electrons. The highest BCUT2D eigenvalue weighted by Crippen LogP contribution is 2.45. The number of halogens is 4. The van der Waals surface area contributed by atoms with Gasteiger partial charge in [0, 0.05) is 23.5 Å². The van der Waals surface area contributed by atoms with Crippen molar-refractivity contribution in [2.24, 2.45) is 5.73 Å². The molecule has 0 aliphatic carbocycles. The molecule has 0 spiro atoms. The molecule has 3 unspecified atom stereocenters. The highest BCUT2D eigenvalue weighted by molar-refractivity contribution is 7.90. The zero-order valence-electron chi connectivity index (χ0n) is 13.8. The number of nitrogens with one attached hydrogen (secondary N) is 1. The van der Waals surface area contributed by atoms with Crippen LogP contribution in [-0.4, -0.2) is 39.2 Å². The van der Waals surface area contributed by atoms with Gasteiger partial charge in [-0.1, -0.05) is 11.6 Å². The van der Waals surface area contributed by atoms with Crippen LogP contribution in [0.25, 0.3) is 0 Å². The van der Waals surface area contributed by atoms with E-state index >= 15 is 0 Å². The van der Waals surface area contributed by atoms with Crippen molar-refractivity contribution in [3.63, 3.8) is 0 Å². The number of ether oxygens (including phenoxy) is 1. The van der Waals surface area contributed by atoms with Crippen molar-refractivity contribution in [1.82, 2.24) is 9.71 Å². The van der Waals surface area contributed by atoms with Crippen LogP contribution in [0.2, 0.25) is 5.15 Å². The SMILES string of the molecule is CC(C)[S+]([O-])NC1(C)COc2c1cc(C(O)(CN)C(F)(F)F)nc2Cl. The fraction of sp³-hybridized carbons (Fsp3) is 0.643. The highest BCUT2D eigenvalue weighted by atomic mass is 35.5. The number of aromatic nitrogens is 1. The van der Waals surface area contributed by atoms with E-state index < -0.39 is 40.9 Å². The van der Waals surface area contributed by atoms with Crippen LogP contribution in [0.15, 0.2) is 6.07 Å². The minimum absolute atomic E-state index is 0.00127. The van der Waals surface area contributed by atoms with E-state index in [-0.39, 0.29) is 28.3 Å². The van der Waals surface area contributed by atoms with Gasteiger partial charge in [0.25, 0.3) is 0 Å². The van der Waals surface area contributed by atoms with Gasteiger partial charge in [-0.2, -0.15) is 13.2 Å².